The number of aromatic nitrogens is 2. The highest BCUT2D eigenvalue weighted by Gasteiger charge is 2.15. The van der Waals surface area contributed by atoms with Crippen molar-refractivity contribution in [3.63, 3.8) is 0 Å². The van der Waals surface area contributed by atoms with Crippen LogP contribution in [0.25, 0.3) is 4.96 Å². The van der Waals surface area contributed by atoms with E-state index in [1.54, 1.807) is 16.7 Å². The highest BCUT2D eigenvalue weighted by Crippen LogP contribution is 2.21. The fourth-order valence-corrected chi connectivity index (χ4v) is 2.96. The average molecular weight is 385 g/mol. The van der Waals surface area contributed by atoms with Gasteiger partial charge in [-0.1, -0.05) is 0 Å². The molecule has 2 heterocycles. The van der Waals surface area contributed by atoms with Gasteiger partial charge in [0.2, 0.25) is 0 Å². The van der Waals surface area contributed by atoms with Crippen molar-refractivity contribution in [1.82, 2.24) is 9.38 Å². The first kappa shape index (κ1) is 18.0. The SMILES string of the molecule is N#Cc1cc([N+](=O)[O-])ccc1NC(=O)COC(=O)Cc1cn2ccsc2n1. The summed E-state index contributed by atoms with van der Waals surface area (Å²) in [7, 11) is 0. The molecular formula is C16H11N5O5S. The third-order valence-electron chi connectivity index (χ3n) is 3.44. The van der Waals surface area contributed by atoms with Gasteiger partial charge in [-0.2, -0.15) is 5.26 Å². The minimum Gasteiger partial charge on any atom is -0.455 e. The van der Waals surface area contributed by atoms with Crippen molar-refractivity contribution in [2.45, 2.75) is 6.42 Å². The van der Waals surface area contributed by atoms with Crippen LogP contribution in [-0.4, -0.2) is 32.8 Å². The normalized spacial score (nSPS) is 10.3. The Bertz CT molecular complexity index is 1050. The number of nitriles is 1. The summed E-state index contributed by atoms with van der Waals surface area (Å²) in [6.45, 7) is -0.553. The predicted octanol–water partition coefficient (Wildman–Crippen LogP) is 1.90. The third kappa shape index (κ3) is 4.25. The molecule has 0 aliphatic heterocycles. The van der Waals surface area contributed by atoms with Crippen LogP contribution in [0.2, 0.25) is 0 Å². The summed E-state index contributed by atoms with van der Waals surface area (Å²) < 4.78 is 6.68. The zero-order valence-electron chi connectivity index (χ0n) is 13.6. The van der Waals surface area contributed by atoms with E-state index in [9.17, 15) is 19.7 Å². The van der Waals surface area contributed by atoms with Gasteiger partial charge >= 0.3 is 5.97 Å². The van der Waals surface area contributed by atoms with Gasteiger partial charge in [0.05, 0.1) is 28.3 Å². The second-order valence-electron chi connectivity index (χ2n) is 5.31. The van der Waals surface area contributed by atoms with Crippen molar-refractivity contribution in [2.24, 2.45) is 0 Å². The number of fused-ring (bicyclic) bond motifs is 1. The predicted molar refractivity (Wildman–Crippen MR) is 94.2 cm³/mol. The van der Waals surface area contributed by atoms with Crippen LogP contribution in [0.4, 0.5) is 11.4 Å². The van der Waals surface area contributed by atoms with Crippen LogP contribution in [0, 0.1) is 21.4 Å². The van der Waals surface area contributed by atoms with Crippen LogP contribution in [0.3, 0.4) is 0 Å². The number of nitrogens with zero attached hydrogens (tertiary/aromatic N) is 4. The van der Waals surface area contributed by atoms with Gasteiger partial charge in [-0.25, -0.2) is 4.98 Å². The molecule has 11 heteroatoms. The number of amides is 1. The van der Waals surface area contributed by atoms with Crippen LogP contribution in [0.1, 0.15) is 11.3 Å². The summed E-state index contributed by atoms with van der Waals surface area (Å²) in [5, 5.41) is 24.0. The summed E-state index contributed by atoms with van der Waals surface area (Å²) in [6.07, 6.45) is 3.43. The number of hydrogen-bond acceptors (Lipinski definition) is 8. The maximum atomic E-state index is 11.9. The Kier molecular flexibility index (Phi) is 5.09. The first-order valence-corrected chi connectivity index (χ1v) is 8.39. The van der Waals surface area contributed by atoms with Crippen molar-refractivity contribution in [3.8, 4) is 6.07 Å². The quantitative estimate of drug-likeness (QED) is 0.388. The Labute approximate surface area is 155 Å². The molecule has 10 nitrogen and oxygen atoms in total. The lowest BCUT2D eigenvalue weighted by molar-refractivity contribution is -0.384. The minimum absolute atomic E-state index is 0.0676. The van der Waals surface area contributed by atoms with Gasteiger partial charge in [0.25, 0.3) is 11.6 Å². The van der Waals surface area contributed by atoms with E-state index in [0.29, 0.717) is 5.69 Å². The summed E-state index contributed by atoms with van der Waals surface area (Å²) in [5.41, 5.74) is 0.283. The number of carbonyl (C=O) groups is 2. The van der Waals surface area contributed by atoms with E-state index in [0.717, 1.165) is 17.1 Å². The molecule has 27 heavy (non-hydrogen) atoms. The number of imidazole rings is 1. The summed E-state index contributed by atoms with van der Waals surface area (Å²) in [4.78, 5) is 38.8. The lowest BCUT2D eigenvalue weighted by Crippen LogP contribution is -2.22. The second kappa shape index (κ2) is 7.63. The van der Waals surface area contributed by atoms with Gasteiger partial charge in [-0.3, -0.25) is 24.1 Å². The number of thiazole rings is 1. The highest BCUT2D eigenvalue weighted by molar-refractivity contribution is 7.15. The fraction of sp³-hybridized carbons (Fsp3) is 0.125. The van der Waals surface area contributed by atoms with E-state index >= 15 is 0 Å². The number of anilines is 1. The van der Waals surface area contributed by atoms with E-state index in [1.165, 1.54) is 17.4 Å². The number of nitrogens with one attached hydrogen (secondary N) is 1. The molecule has 0 unspecified atom stereocenters. The maximum absolute atomic E-state index is 11.9. The Morgan fingerprint density at radius 3 is 2.96 bits per heavy atom. The Morgan fingerprint density at radius 1 is 1.44 bits per heavy atom. The van der Waals surface area contributed by atoms with Crippen LogP contribution < -0.4 is 5.32 Å². The molecule has 2 aromatic heterocycles. The van der Waals surface area contributed by atoms with E-state index in [4.69, 9.17) is 10.00 Å². The molecule has 1 aromatic carbocycles. The maximum Gasteiger partial charge on any atom is 0.312 e. The molecule has 0 aliphatic carbocycles. The van der Waals surface area contributed by atoms with E-state index in [1.807, 2.05) is 11.6 Å². The number of benzene rings is 1. The highest BCUT2D eigenvalue weighted by atomic mass is 32.1. The molecule has 1 amide bonds. The first-order valence-electron chi connectivity index (χ1n) is 7.51. The van der Waals surface area contributed by atoms with Gasteiger partial charge in [-0.15, -0.1) is 11.3 Å². The van der Waals surface area contributed by atoms with Crippen molar-refractivity contribution in [1.29, 1.82) is 5.26 Å². The first-order chi connectivity index (χ1) is 13.0. The Morgan fingerprint density at radius 2 is 2.26 bits per heavy atom. The Balaban J connectivity index is 1.54. The lowest BCUT2D eigenvalue weighted by atomic mass is 10.1. The number of esters is 1. The molecule has 0 saturated heterocycles. The average Bonchev–Trinajstić information content (AvgIpc) is 3.21. The molecule has 136 valence electrons. The van der Waals surface area contributed by atoms with Crippen LogP contribution >= 0.6 is 11.3 Å². The molecule has 0 saturated carbocycles. The molecule has 0 atom stereocenters. The van der Waals surface area contributed by atoms with Crippen LogP contribution in [0.5, 0.6) is 0 Å². The number of non-ortho nitro benzene ring substituents is 1. The summed E-state index contributed by atoms with van der Waals surface area (Å²) in [6, 6.07) is 5.22. The van der Waals surface area contributed by atoms with Gasteiger partial charge in [0.15, 0.2) is 11.6 Å². The monoisotopic (exact) mass is 385 g/mol. The van der Waals surface area contributed by atoms with Crippen molar-refractivity contribution in [2.75, 3.05) is 11.9 Å². The van der Waals surface area contributed by atoms with Crippen molar-refractivity contribution < 1.29 is 19.2 Å². The van der Waals surface area contributed by atoms with E-state index < -0.39 is 23.4 Å². The van der Waals surface area contributed by atoms with Gasteiger partial charge in [0, 0.05) is 29.9 Å². The molecule has 0 spiro atoms. The van der Waals surface area contributed by atoms with Gasteiger partial charge in [0.1, 0.15) is 6.07 Å². The van der Waals surface area contributed by atoms with E-state index in [2.05, 4.69) is 10.3 Å². The minimum atomic E-state index is -0.667. The Hall–Kier alpha value is -3.78. The molecule has 3 rings (SSSR count). The summed E-state index contributed by atoms with van der Waals surface area (Å²) in [5.74, 6) is -1.29. The van der Waals surface area contributed by atoms with Gasteiger partial charge < -0.3 is 10.1 Å². The number of nitro groups is 1. The number of nitro benzene ring substituents is 1. The van der Waals surface area contributed by atoms with Crippen molar-refractivity contribution >= 4 is 39.5 Å². The fourth-order valence-electron chi connectivity index (χ4n) is 2.24. The lowest BCUT2D eigenvalue weighted by Gasteiger charge is -2.07. The molecule has 0 fully saturated rings. The largest absolute Gasteiger partial charge is 0.455 e. The topological polar surface area (TPSA) is 140 Å². The summed E-state index contributed by atoms with van der Waals surface area (Å²) >= 11 is 1.43. The standard InChI is InChI=1S/C16H11N5O5S/c17-7-10-5-12(21(24)25)1-2-13(10)19-14(22)9-26-15(23)6-11-8-20-3-4-27-16(20)18-11/h1-5,8H,6,9H2,(H,19,22). The molecule has 3 aromatic rings. The molecule has 0 aliphatic rings. The van der Waals surface area contributed by atoms with Crippen molar-refractivity contribution in [3.05, 3.63) is 57.3 Å². The third-order valence-corrected chi connectivity index (χ3v) is 4.21. The zero-order chi connectivity index (χ0) is 19.4. The second-order valence-corrected chi connectivity index (χ2v) is 6.18. The molecule has 1 N–H and O–H groups in total. The van der Waals surface area contributed by atoms with Gasteiger partial charge in [-0.05, 0) is 6.07 Å². The number of carbonyl (C=O) groups excluding carboxylic acids is 2. The number of rotatable bonds is 6. The molecule has 0 bridgehead atoms. The van der Waals surface area contributed by atoms with E-state index in [-0.39, 0.29) is 23.4 Å². The van der Waals surface area contributed by atoms with Crippen LogP contribution in [0.15, 0.2) is 36.0 Å². The smallest absolute Gasteiger partial charge is 0.312 e. The number of ether oxygens (including phenoxy) is 1. The number of hydrogen-bond donors (Lipinski definition) is 1. The molecular weight excluding hydrogens is 374 g/mol. The zero-order valence-corrected chi connectivity index (χ0v) is 14.4. The van der Waals surface area contributed by atoms with Crippen LogP contribution in [-0.2, 0) is 20.7 Å². The molecule has 0 radical (unpaired) electrons.